The number of nitriles is 1. The molecular weight excluding hydrogens is 380 g/mol. The zero-order valence-electron chi connectivity index (χ0n) is 16.1. The minimum absolute atomic E-state index is 0.192. The Balaban J connectivity index is 1.83. The third-order valence-electron chi connectivity index (χ3n) is 4.60. The average molecular weight is 400 g/mol. The lowest BCUT2D eigenvalue weighted by molar-refractivity contribution is -0.164. The molecular formula is C24H20N2O4. The SMILES string of the molecule is N#CCN(C(=O)COC(=O)C(O)(c1ccccc1)c1ccccc1)c1ccccc1. The number of para-hydroxylation sites is 1. The van der Waals surface area contributed by atoms with Crippen molar-refractivity contribution in [2.75, 3.05) is 18.1 Å². The van der Waals surface area contributed by atoms with Crippen molar-refractivity contribution in [3.05, 3.63) is 102 Å². The van der Waals surface area contributed by atoms with Crippen LogP contribution in [0.15, 0.2) is 91.0 Å². The fraction of sp³-hybridized carbons (Fsp3) is 0.125. The van der Waals surface area contributed by atoms with Gasteiger partial charge in [0.1, 0.15) is 6.54 Å². The van der Waals surface area contributed by atoms with Gasteiger partial charge < -0.3 is 9.84 Å². The molecule has 1 amide bonds. The Bertz CT molecular complexity index is 992. The number of anilines is 1. The van der Waals surface area contributed by atoms with Gasteiger partial charge in [0.25, 0.3) is 5.91 Å². The molecule has 0 radical (unpaired) electrons. The number of rotatable bonds is 7. The summed E-state index contributed by atoms with van der Waals surface area (Å²) in [6.07, 6.45) is 0. The van der Waals surface area contributed by atoms with Crippen molar-refractivity contribution < 1.29 is 19.4 Å². The second-order valence-corrected chi connectivity index (χ2v) is 6.49. The van der Waals surface area contributed by atoms with E-state index < -0.39 is 24.1 Å². The van der Waals surface area contributed by atoms with Crippen molar-refractivity contribution in [2.45, 2.75) is 5.60 Å². The number of hydrogen-bond acceptors (Lipinski definition) is 5. The average Bonchev–Trinajstić information content (AvgIpc) is 2.82. The quantitative estimate of drug-likeness (QED) is 0.486. The van der Waals surface area contributed by atoms with E-state index in [0.717, 1.165) is 0 Å². The predicted molar refractivity (Wildman–Crippen MR) is 111 cm³/mol. The van der Waals surface area contributed by atoms with Gasteiger partial charge in [-0.05, 0) is 23.3 Å². The number of hydrogen-bond donors (Lipinski definition) is 1. The van der Waals surface area contributed by atoms with Crippen LogP contribution in [-0.2, 0) is 19.9 Å². The highest BCUT2D eigenvalue weighted by molar-refractivity contribution is 5.96. The van der Waals surface area contributed by atoms with Crippen LogP contribution in [0, 0.1) is 11.3 Å². The van der Waals surface area contributed by atoms with Gasteiger partial charge in [-0.1, -0.05) is 78.9 Å². The van der Waals surface area contributed by atoms with Crippen LogP contribution >= 0.6 is 0 Å². The van der Waals surface area contributed by atoms with E-state index in [4.69, 9.17) is 10.00 Å². The Hall–Kier alpha value is -3.95. The highest BCUT2D eigenvalue weighted by Crippen LogP contribution is 2.31. The van der Waals surface area contributed by atoms with Gasteiger partial charge >= 0.3 is 5.97 Å². The molecule has 0 heterocycles. The van der Waals surface area contributed by atoms with E-state index in [0.29, 0.717) is 16.8 Å². The summed E-state index contributed by atoms with van der Waals surface area (Å²) in [5.74, 6) is -1.54. The first-order valence-electron chi connectivity index (χ1n) is 9.30. The molecule has 0 unspecified atom stereocenters. The van der Waals surface area contributed by atoms with Gasteiger partial charge in [0.2, 0.25) is 5.60 Å². The maximum absolute atomic E-state index is 13.0. The Morgan fingerprint density at radius 1 is 0.867 bits per heavy atom. The maximum atomic E-state index is 13.0. The Kier molecular flexibility index (Phi) is 6.58. The highest BCUT2D eigenvalue weighted by Gasteiger charge is 2.42. The van der Waals surface area contributed by atoms with Crippen molar-refractivity contribution in [3.63, 3.8) is 0 Å². The van der Waals surface area contributed by atoms with Crippen LogP contribution in [0.5, 0.6) is 0 Å². The maximum Gasteiger partial charge on any atom is 0.348 e. The molecule has 3 aromatic rings. The largest absolute Gasteiger partial charge is 0.453 e. The number of carbonyl (C=O) groups is 2. The molecule has 3 rings (SSSR count). The number of nitrogens with zero attached hydrogens (tertiary/aromatic N) is 2. The third-order valence-corrected chi connectivity index (χ3v) is 4.60. The normalized spacial score (nSPS) is 10.7. The van der Waals surface area contributed by atoms with Crippen LogP contribution in [0.3, 0.4) is 0 Å². The molecule has 0 aliphatic rings. The molecule has 0 saturated carbocycles. The summed E-state index contributed by atoms with van der Waals surface area (Å²) in [7, 11) is 0. The number of amides is 1. The molecule has 6 heteroatoms. The number of ether oxygens (including phenoxy) is 1. The first-order valence-corrected chi connectivity index (χ1v) is 9.30. The highest BCUT2D eigenvalue weighted by atomic mass is 16.6. The summed E-state index contributed by atoms with van der Waals surface area (Å²) in [4.78, 5) is 26.9. The standard InChI is InChI=1S/C24H20N2O4/c25-16-17-26(21-14-8-3-9-15-21)22(27)18-30-23(28)24(29,19-10-4-1-5-11-19)20-12-6-2-7-13-20/h1-15,29H,17-18H2. The first-order chi connectivity index (χ1) is 14.6. The lowest BCUT2D eigenvalue weighted by atomic mass is 9.86. The van der Waals surface area contributed by atoms with Crippen LogP contribution < -0.4 is 4.90 Å². The molecule has 0 aliphatic carbocycles. The van der Waals surface area contributed by atoms with Crippen molar-refractivity contribution in [1.29, 1.82) is 5.26 Å². The zero-order valence-corrected chi connectivity index (χ0v) is 16.1. The summed E-state index contributed by atoms with van der Waals surface area (Å²) in [5, 5.41) is 20.4. The number of aliphatic hydroxyl groups is 1. The molecule has 0 bridgehead atoms. The fourth-order valence-electron chi connectivity index (χ4n) is 3.07. The van der Waals surface area contributed by atoms with Crippen LogP contribution in [0.2, 0.25) is 0 Å². The second-order valence-electron chi connectivity index (χ2n) is 6.49. The molecule has 0 aliphatic heterocycles. The van der Waals surface area contributed by atoms with Gasteiger partial charge in [-0.15, -0.1) is 0 Å². The van der Waals surface area contributed by atoms with Crippen LogP contribution in [-0.4, -0.2) is 30.1 Å². The van der Waals surface area contributed by atoms with Crippen LogP contribution in [0.1, 0.15) is 11.1 Å². The van der Waals surface area contributed by atoms with Gasteiger partial charge in [0.05, 0.1) is 6.07 Å². The second kappa shape index (κ2) is 9.50. The topological polar surface area (TPSA) is 90.6 Å². The van der Waals surface area contributed by atoms with Crippen molar-refractivity contribution in [1.82, 2.24) is 0 Å². The molecule has 0 atom stereocenters. The van der Waals surface area contributed by atoms with E-state index in [2.05, 4.69) is 0 Å². The molecule has 1 N–H and O–H groups in total. The van der Waals surface area contributed by atoms with Crippen molar-refractivity contribution >= 4 is 17.6 Å². The molecule has 150 valence electrons. The summed E-state index contributed by atoms with van der Waals surface area (Å²) in [5.41, 5.74) is -0.909. The number of esters is 1. The van der Waals surface area contributed by atoms with Gasteiger partial charge in [0.15, 0.2) is 6.61 Å². The first kappa shape index (κ1) is 20.8. The smallest absolute Gasteiger partial charge is 0.348 e. The molecule has 6 nitrogen and oxygen atoms in total. The minimum atomic E-state index is -2.07. The molecule has 3 aromatic carbocycles. The van der Waals surface area contributed by atoms with Gasteiger partial charge in [-0.2, -0.15) is 5.26 Å². The van der Waals surface area contributed by atoms with E-state index in [-0.39, 0.29) is 6.54 Å². The van der Waals surface area contributed by atoms with Gasteiger partial charge in [-0.25, -0.2) is 4.79 Å². The van der Waals surface area contributed by atoms with Gasteiger partial charge in [0, 0.05) is 5.69 Å². The van der Waals surface area contributed by atoms with E-state index >= 15 is 0 Å². The summed E-state index contributed by atoms with van der Waals surface area (Å²) >= 11 is 0. The van der Waals surface area contributed by atoms with Gasteiger partial charge in [-0.3, -0.25) is 9.69 Å². The van der Waals surface area contributed by atoms with E-state index in [1.165, 1.54) is 4.90 Å². The van der Waals surface area contributed by atoms with E-state index in [1.807, 2.05) is 6.07 Å². The molecule has 0 saturated heterocycles. The van der Waals surface area contributed by atoms with E-state index in [9.17, 15) is 14.7 Å². The monoisotopic (exact) mass is 400 g/mol. The Labute approximate surface area is 174 Å². The lowest BCUT2D eigenvalue weighted by Crippen LogP contribution is -2.41. The van der Waals surface area contributed by atoms with Crippen molar-refractivity contribution in [2.24, 2.45) is 0 Å². The molecule has 30 heavy (non-hydrogen) atoms. The summed E-state index contributed by atoms with van der Waals surface area (Å²) in [6.45, 7) is -0.806. The number of carbonyl (C=O) groups excluding carboxylic acids is 2. The number of benzene rings is 3. The zero-order chi connectivity index (χ0) is 21.4. The predicted octanol–water partition coefficient (Wildman–Crippen LogP) is 3.02. The molecule has 0 aromatic heterocycles. The third kappa shape index (κ3) is 4.37. The lowest BCUT2D eigenvalue weighted by Gasteiger charge is -2.27. The Morgan fingerprint density at radius 2 is 1.33 bits per heavy atom. The minimum Gasteiger partial charge on any atom is -0.453 e. The molecule has 0 fully saturated rings. The summed E-state index contributed by atoms with van der Waals surface area (Å²) < 4.78 is 5.24. The summed E-state index contributed by atoms with van der Waals surface area (Å²) in [6, 6.07) is 27.4. The van der Waals surface area contributed by atoms with Crippen LogP contribution in [0.25, 0.3) is 0 Å². The fourth-order valence-corrected chi connectivity index (χ4v) is 3.07. The molecule has 0 spiro atoms. The van der Waals surface area contributed by atoms with Crippen LogP contribution in [0.4, 0.5) is 5.69 Å². The van der Waals surface area contributed by atoms with E-state index in [1.54, 1.807) is 91.0 Å². The Morgan fingerprint density at radius 3 is 1.80 bits per heavy atom. The van der Waals surface area contributed by atoms with Crippen molar-refractivity contribution in [3.8, 4) is 6.07 Å².